The molecule has 1 aromatic carbocycles. The number of likely N-dealkylation sites (tertiary alicyclic amines) is 1. The first-order valence-corrected chi connectivity index (χ1v) is 6.68. The summed E-state index contributed by atoms with van der Waals surface area (Å²) in [6, 6.07) is 5.98. The van der Waals surface area contributed by atoms with E-state index in [9.17, 15) is 4.39 Å². The van der Waals surface area contributed by atoms with E-state index in [0.717, 1.165) is 29.5 Å². The Morgan fingerprint density at radius 1 is 1.50 bits per heavy atom. The Labute approximate surface area is 105 Å². The van der Waals surface area contributed by atoms with Gasteiger partial charge in [0.1, 0.15) is 5.82 Å². The van der Waals surface area contributed by atoms with Gasteiger partial charge in [-0.15, -0.1) is 0 Å². The van der Waals surface area contributed by atoms with Crippen LogP contribution in [0.25, 0.3) is 0 Å². The Morgan fingerprint density at radius 2 is 2.31 bits per heavy atom. The number of hydrogen-bond acceptors (Lipinski definition) is 1. The largest absolute Gasteiger partial charge is 0.296 e. The van der Waals surface area contributed by atoms with Gasteiger partial charge in [0.2, 0.25) is 0 Å². The highest BCUT2D eigenvalue weighted by Gasteiger charge is 2.23. The van der Waals surface area contributed by atoms with E-state index in [2.05, 4.69) is 27.8 Å². The number of benzene rings is 1. The molecule has 0 radical (unpaired) electrons. The fourth-order valence-electron chi connectivity index (χ4n) is 2.43. The van der Waals surface area contributed by atoms with Crippen molar-refractivity contribution in [2.45, 2.75) is 38.8 Å². The molecule has 1 unspecified atom stereocenters. The molecule has 16 heavy (non-hydrogen) atoms. The Kier molecular flexibility index (Phi) is 3.98. The van der Waals surface area contributed by atoms with Crippen LogP contribution in [0.5, 0.6) is 0 Å². The lowest BCUT2D eigenvalue weighted by atomic mass is 10.1. The van der Waals surface area contributed by atoms with Crippen molar-refractivity contribution in [2.75, 3.05) is 6.54 Å². The van der Waals surface area contributed by atoms with Crippen molar-refractivity contribution in [3.63, 3.8) is 0 Å². The van der Waals surface area contributed by atoms with Gasteiger partial charge >= 0.3 is 0 Å². The van der Waals surface area contributed by atoms with Crippen molar-refractivity contribution in [3.05, 3.63) is 34.1 Å². The zero-order valence-corrected chi connectivity index (χ0v) is 11.1. The standard InChI is InChI=1S/C13H17BrFN/c1-2-12-4-3-7-16(12)9-10-5-6-11(14)8-13(10)15/h5-6,8,12H,2-4,7,9H2,1H3. The molecule has 1 fully saturated rings. The van der Waals surface area contributed by atoms with Crippen LogP contribution in [0.2, 0.25) is 0 Å². The van der Waals surface area contributed by atoms with Gasteiger partial charge in [-0.25, -0.2) is 4.39 Å². The second-order valence-corrected chi connectivity index (χ2v) is 5.33. The highest BCUT2D eigenvalue weighted by atomic mass is 79.9. The Morgan fingerprint density at radius 3 is 3.00 bits per heavy atom. The van der Waals surface area contributed by atoms with E-state index >= 15 is 0 Å². The Hall–Kier alpha value is -0.410. The van der Waals surface area contributed by atoms with Crippen LogP contribution in [0.1, 0.15) is 31.7 Å². The fraction of sp³-hybridized carbons (Fsp3) is 0.538. The molecule has 0 bridgehead atoms. The summed E-state index contributed by atoms with van der Waals surface area (Å²) in [5.74, 6) is -0.101. The number of hydrogen-bond donors (Lipinski definition) is 0. The molecule has 1 saturated heterocycles. The van der Waals surface area contributed by atoms with Gasteiger partial charge in [0.05, 0.1) is 0 Å². The third-order valence-corrected chi connectivity index (χ3v) is 3.85. The summed E-state index contributed by atoms with van der Waals surface area (Å²) in [6.45, 7) is 4.06. The highest BCUT2D eigenvalue weighted by Crippen LogP contribution is 2.24. The average Bonchev–Trinajstić information content (AvgIpc) is 2.69. The molecule has 0 spiro atoms. The summed E-state index contributed by atoms with van der Waals surface area (Å²) in [5.41, 5.74) is 0.809. The van der Waals surface area contributed by atoms with E-state index in [4.69, 9.17) is 0 Å². The van der Waals surface area contributed by atoms with Gasteiger partial charge < -0.3 is 0 Å². The van der Waals surface area contributed by atoms with Crippen LogP contribution >= 0.6 is 15.9 Å². The van der Waals surface area contributed by atoms with Gasteiger partial charge in [-0.05, 0) is 37.9 Å². The number of rotatable bonds is 3. The smallest absolute Gasteiger partial charge is 0.128 e. The first-order chi connectivity index (χ1) is 7.70. The highest BCUT2D eigenvalue weighted by molar-refractivity contribution is 9.10. The van der Waals surface area contributed by atoms with E-state index in [-0.39, 0.29) is 5.82 Å². The van der Waals surface area contributed by atoms with E-state index in [1.54, 1.807) is 6.07 Å². The summed E-state index contributed by atoms with van der Waals surface area (Å²) in [4.78, 5) is 2.40. The van der Waals surface area contributed by atoms with Crippen molar-refractivity contribution in [2.24, 2.45) is 0 Å². The fourth-order valence-corrected chi connectivity index (χ4v) is 2.77. The van der Waals surface area contributed by atoms with Crippen molar-refractivity contribution >= 4 is 15.9 Å². The van der Waals surface area contributed by atoms with Crippen LogP contribution in [0.4, 0.5) is 4.39 Å². The minimum atomic E-state index is -0.101. The normalized spacial score (nSPS) is 21.6. The monoisotopic (exact) mass is 285 g/mol. The zero-order valence-electron chi connectivity index (χ0n) is 9.55. The van der Waals surface area contributed by atoms with Gasteiger partial charge in [-0.1, -0.05) is 28.9 Å². The van der Waals surface area contributed by atoms with E-state index in [1.165, 1.54) is 12.8 Å². The van der Waals surface area contributed by atoms with Gasteiger partial charge in [0, 0.05) is 22.6 Å². The maximum atomic E-state index is 13.7. The maximum absolute atomic E-state index is 13.7. The summed E-state index contributed by atoms with van der Waals surface area (Å²) in [6.07, 6.45) is 3.67. The lowest BCUT2D eigenvalue weighted by Crippen LogP contribution is -2.28. The molecular formula is C13H17BrFN. The molecule has 2 rings (SSSR count). The summed E-state index contributed by atoms with van der Waals surface area (Å²) < 4.78 is 14.5. The molecule has 0 aromatic heterocycles. The summed E-state index contributed by atoms with van der Waals surface area (Å²) >= 11 is 3.28. The lowest BCUT2D eigenvalue weighted by molar-refractivity contribution is 0.237. The van der Waals surface area contributed by atoms with E-state index in [1.807, 2.05) is 12.1 Å². The number of halogens is 2. The van der Waals surface area contributed by atoms with E-state index in [0.29, 0.717) is 6.04 Å². The first-order valence-electron chi connectivity index (χ1n) is 5.88. The predicted molar refractivity (Wildman–Crippen MR) is 67.8 cm³/mol. The predicted octanol–water partition coefficient (Wildman–Crippen LogP) is 3.96. The lowest BCUT2D eigenvalue weighted by Gasteiger charge is -2.23. The molecule has 0 amide bonds. The molecule has 1 aliphatic rings. The van der Waals surface area contributed by atoms with Crippen molar-refractivity contribution in [1.29, 1.82) is 0 Å². The molecule has 1 atom stereocenters. The summed E-state index contributed by atoms with van der Waals surface area (Å²) in [7, 11) is 0. The Bertz CT molecular complexity index is 367. The average molecular weight is 286 g/mol. The molecule has 3 heteroatoms. The number of nitrogens with zero attached hydrogens (tertiary/aromatic N) is 1. The van der Waals surface area contributed by atoms with Crippen LogP contribution in [0.3, 0.4) is 0 Å². The first kappa shape index (κ1) is 12.1. The van der Waals surface area contributed by atoms with Crippen LogP contribution in [-0.4, -0.2) is 17.5 Å². The third kappa shape index (κ3) is 2.64. The minimum Gasteiger partial charge on any atom is -0.296 e. The van der Waals surface area contributed by atoms with Gasteiger partial charge in [-0.2, -0.15) is 0 Å². The maximum Gasteiger partial charge on any atom is 0.128 e. The molecule has 1 aliphatic heterocycles. The molecular weight excluding hydrogens is 269 g/mol. The second-order valence-electron chi connectivity index (χ2n) is 4.41. The zero-order chi connectivity index (χ0) is 11.5. The minimum absolute atomic E-state index is 0.101. The van der Waals surface area contributed by atoms with Gasteiger partial charge in [0.15, 0.2) is 0 Å². The van der Waals surface area contributed by atoms with Gasteiger partial charge in [-0.3, -0.25) is 4.90 Å². The quantitative estimate of drug-likeness (QED) is 0.813. The summed E-state index contributed by atoms with van der Waals surface area (Å²) in [5, 5.41) is 0. The van der Waals surface area contributed by atoms with Crippen LogP contribution < -0.4 is 0 Å². The van der Waals surface area contributed by atoms with Crippen molar-refractivity contribution in [3.8, 4) is 0 Å². The molecule has 1 heterocycles. The second kappa shape index (κ2) is 5.28. The molecule has 0 saturated carbocycles. The molecule has 0 N–H and O–H groups in total. The third-order valence-electron chi connectivity index (χ3n) is 3.36. The van der Waals surface area contributed by atoms with Crippen LogP contribution in [-0.2, 0) is 6.54 Å². The topological polar surface area (TPSA) is 3.24 Å². The molecule has 1 nitrogen and oxygen atoms in total. The molecule has 0 aliphatic carbocycles. The van der Waals surface area contributed by atoms with Crippen molar-refractivity contribution in [1.82, 2.24) is 4.90 Å². The van der Waals surface area contributed by atoms with Crippen molar-refractivity contribution < 1.29 is 4.39 Å². The SMILES string of the molecule is CCC1CCCN1Cc1ccc(Br)cc1F. The van der Waals surface area contributed by atoms with Gasteiger partial charge in [0.25, 0.3) is 0 Å². The Balaban J connectivity index is 2.08. The van der Waals surface area contributed by atoms with Crippen LogP contribution in [0.15, 0.2) is 22.7 Å². The van der Waals surface area contributed by atoms with E-state index < -0.39 is 0 Å². The molecule has 1 aromatic rings. The molecule has 88 valence electrons. The van der Waals surface area contributed by atoms with Crippen LogP contribution in [0, 0.1) is 5.82 Å².